The molecule has 0 fully saturated rings. The molecule has 4 rings (SSSR count). The minimum absolute atomic E-state index is 0.593. The number of aromatic nitrogens is 4. The molecule has 160 valence electrons. The Balaban J connectivity index is 1.65. The third-order valence-electron chi connectivity index (χ3n) is 5.05. The molecule has 2 aromatic carbocycles. The first-order chi connectivity index (χ1) is 15.1. The SMILES string of the molecule is COCCCn1c(SCc2nc3ccccc3c(C)c2Cl)nnc1-c1ccccc1Cl. The van der Waals surface area contributed by atoms with E-state index in [1.54, 1.807) is 18.9 Å². The van der Waals surface area contributed by atoms with Crippen molar-refractivity contribution in [2.24, 2.45) is 0 Å². The van der Waals surface area contributed by atoms with Crippen LogP contribution < -0.4 is 0 Å². The molecule has 0 aliphatic carbocycles. The van der Waals surface area contributed by atoms with E-state index in [1.807, 2.05) is 55.5 Å². The molecule has 5 nitrogen and oxygen atoms in total. The summed E-state index contributed by atoms with van der Waals surface area (Å²) >= 11 is 14.6. The lowest BCUT2D eigenvalue weighted by atomic mass is 10.1. The Morgan fingerprint density at radius 3 is 2.61 bits per heavy atom. The second-order valence-electron chi connectivity index (χ2n) is 7.09. The number of fused-ring (bicyclic) bond motifs is 1. The molecule has 0 amide bonds. The zero-order valence-electron chi connectivity index (χ0n) is 17.3. The van der Waals surface area contributed by atoms with E-state index in [2.05, 4.69) is 14.8 Å². The fraction of sp³-hybridized carbons (Fsp3) is 0.261. The number of rotatable bonds is 8. The molecule has 8 heteroatoms. The normalized spacial score (nSPS) is 11.4. The third kappa shape index (κ3) is 4.72. The molecule has 0 unspecified atom stereocenters. The molecule has 0 atom stereocenters. The van der Waals surface area contributed by atoms with Gasteiger partial charge in [0.2, 0.25) is 0 Å². The number of aryl methyl sites for hydroxylation is 1. The van der Waals surface area contributed by atoms with Crippen molar-refractivity contribution in [3.63, 3.8) is 0 Å². The van der Waals surface area contributed by atoms with Crippen LogP contribution in [0.2, 0.25) is 10.0 Å². The Labute approximate surface area is 195 Å². The van der Waals surface area contributed by atoms with Crippen molar-refractivity contribution >= 4 is 45.9 Å². The van der Waals surface area contributed by atoms with E-state index in [-0.39, 0.29) is 0 Å². The van der Waals surface area contributed by atoms with Gasteiger partial charge in [0.15, 0.2) is 11.0 Å². The first-order valence-corrected chi connectivity index (χ1v) is 11.7. The first kappa shape index (κ1) is 22.1. The third-order valence-corrected chi connectivity index (χ3v) is 6.86. The largest absolute Gasteiger partial charge is 0.385 e. The van der Waals surface area contributed by atoms with Crippen LogP contribution in [0.3, 0.4) is 0 Å². The van der Waals surface area contributed by atoms with Crippen molar-refractivity contribution in [1.82, 2.24) is 19.7 Å². The summed E-state index contributed by atoms with van der Waals surface area (Å²) in [5, 5.41) is 12.1. The summed E-state index contributed by atoms with van der Waals surface area (Å²) in [7, 11) is 1.70. The topological polar surface area (TPSA) is 52.8 Å². The highest BCUT2D eigenvalue weighted by Gasteiger charge is 2.18. The minimum atomic E-state index is 0.593. The van der Waals surface area contributed by atoms with Gasteiger partial charge in [-0.15, -0.1) is 10.2 Å². The van der Waals surface area contributed by atoms with Gasteiger partial charge in [-0.25, -0.2) is 0 Å². The zero-order chi connectivity index (χ0) is 21.8. The zero-order valence-corrected chi connectivity index (χ0v) is 19.6. The van der Waals surface area contributed by atoms with Gasteiger partial charge in [0, 0.05) is 37.0 Å². The van der Waals surface area contributed by atoms with E-state index in [0.717, 1.165) is 51.7 Å². The summed E-state index contributed by atoms with van der Waals surface area (Å²) in [6, 6.07) is 15.7. The second kappa shape index (κ2) is 10.0. The van der Waals surface area contributed by atoms with E-state index in [9.17, 15) is 0 Å². The number of thioether (sulfide) groups is 1. The van der Waals surface area contributed by atoms with Gasteiger partial charge in [-0.2, -0.15) is 0 Å². The molecule has 4 aromatic rings. The van der Waals surface area contributed by atoms with Gasteiger partial charge >= 0.3 is 0 Å². The molecule has 2 heterocycles. The fourth-order valence-corrected chi connectivity index (χ4v) is 4.87. The molecule has 0 radical (unpaired) electrons. The van der Waals surface area contributed by atoms with Crippen LogP contribution in [0.4, 0.5) is 0 Å². The van der Waals surface area contributed by atoms with Crippen molar-refractivity contribution in [3.8, 4) is 11.4 Å². The Hall–Kier alpha value is -2.12. The molecule has 0 bridgehead atoms. The molecule has 0 N–H and O–H groups in total. The number of para-hydroxylation sites is 1. The van der Waals surface area contributed by atoms with Crippen molar-refractivity contribution in [3.05, 3.63) is 69.8 Å². The quantitative estimate of drug-likeness (QED) is 0.218. The van der Waals surface area contributed by atoms with Gasteiger partial charge in [0.05, 0.1) is 21.3 Å². The Morgan fingerprint density at radius 1 is 1.03 bits per heavy atom. The average Bonchev–Trinajstić information content (AvgIpc) is 3.18. The van der Waals surface area contributed by atoms with E-state index in [1.165, 1.54) is 0 Å². The molecule has 31 heavy (non-hydrogen) atoms. The summed E-state index contributed by atoms with van der Waals surface area (Å²) in [6.07, 6.45) is 0.841. The standard InChI is InChI=1S/C23H22Cl2N4OS/c1-15-16-8-4-6-11-19(16)26-20(21(15)25)14-31-23-28-27-22(29(23)12-7-13-30-2)17-9-3-5-10-18(17)24/h3-6,8-11H,7,12-14H2,1-2H3. The number of nitrogens with zero attached hydrogens (tertiary/aromatic N) is 4. The predicted molar refractivity (Wildman–Crippen MR) is 128 cm³/mol. The van der Waals surface area contributed by atoms with Crippen LogP contribution in [0.15, 0.2) is 53.7 Å². The first-order valence-electron chi connectivity index (χ1n) is 9.93. The predicted octanol–water partition coefficient (Wildman–Crippen LogP) is 6.44. The van der Waals surface area contributed by atoms with Crippen molar-refractivity contribution in [2.75, 3.05) is 13.7 Å². The number of benzene rings is 2. The van der Waals surface area contributed by atoms with Crippen LogP contribution in [-0.2, 0) is 17.0 Å². The Morgan fingerprint density at radius 2 is 1.81 bits per heavy atom. The monoisotopic (exact) mass is 472 g/mol. The highest BCUT2D eigenvalue weighted by atomic mass is 35.5. The van der Waals surface area contributed by atoms with Crippen LogP contribution in [0, 0.1) is 6.92 Å². The van der Waals surface area contributed by atoms with Crippen LogP contribution in [-0.4, -0.2) is 33.5 Å². The van der Waals surface area contributed by atoms with E-state index in [4.69, 9.17) is 32.9 Å². The maximum absolute atomic E-state index is 6.65. The lowest BCUT2D eigenvalue weighted by Gasteiger charge is -2.12. The van der Waals surface area contributed by atoms with Gasteiger partial charge in [-0.1, -0.05) is 65.3 Å². The molecule has 0 aliphatic heterocycles. The minimum Gasteiger partial charge on any atom is -0.385 e. The summed E-state index contributed by atoms with van der Waals surface area (Å²) < 4.78 is 7.32. The molecule has 2 aromatic heterocycles. The number of pyridine rings is 1. The number of hydrogen-bond acceptors (Lipinski definition) is 5. The highest BCUT2D eigenvalue weighted by Crippen LogP contribution is 2.33. The summed E-state index contributed by atoms with van der Waals surface area (Å²) in [6.45, 7) is 3.41. The maximum Gasteiger partial charge on any atom is 0.191 e. The van der Waals surface area contributed by atoms with E-state index in [0.29, 0.717) is 22.4 Å². The molecule has 0 saturated carbocycles. The van der Waals surface area contributed by atoms with Crippen LogP contribution >= 0.6 is 35.0 Å². The lowest BCUT2D eigenvalue weighted by Crippen LogP contribution is -2.06. The molecule has 0 spiro atoms. The number of methoxy groups -OCH3 is 1. The van der Waals surface area contributed by atoms with E-state index >= 15 is 0 Å². The van der Waals surface area contributed by atoms with Crippen molar-refractivity contribution in [2.45, 2.75) is 30.8 Å². The number of halogens is 2. The maximum atomic E-state index is 6.65. The van der Waals surface area contributed by atoms with Gasteiger partial charge < -0.3 is 9.30 Å². The van der Waals surface area contributed by atoms with Gasteiger partial charge in [0.1, 0.15) is 0 Å². The van der Waals surface area contributed by atoms with Crippen molar-refractivity contribution in [1.29, 1.82) is 0 Å². The summed E-state index contributed by atoms with van der Waals surface area (Å²) in [5.74, 6) is 1.34. The second-order valence-corrected chi connectivity index (χ2v) is 8.81. The van der Waals surface area contributed by atoms with Gasteiger partial charge in [0.25, 0.3) is 0 Å². The number of hydrogen-bond donors (Lipinski definition) is 0. The van der Waals surface area contributed by atoms with Crippen LogP contribution in [0.25, 0.3) is 22.3 Å². The smallest absolute Gasteiger partial charge is 0.191 e. The lowest BCUT2D eigenvalue weighted by molar-refractivity contribution is 0.189. The van der Waals surface area contributed by atoms with Gasteiger partial charge in [-0.3, -0.25) is 4.98 Å². The average molecular weight is 473 g/mol. The molecule has 0 saturated heterocycles. The summed E-state index contributed by atoms with van der Waals surface area (Å²) in [5.41, 5.74) is 3.69. The van der Waals surface area contributed by atoms with E-state index < -0.39 is 0 Å². The van der Waals surface area contributed by atoms with Crippen molar-refractivity contribution < 1.29 is 4.74 Å². The molecular weight excluding hydrogens is 451 g/mol. The fourth-order valence-electron chi connectivity index (χ4n) is 3.45. The van der Waals surface area contributed by atoms with Crippen LogP contribution in [0.1, 0.15) is 17.7 Å². The van der Waals surface area contributed by atoms with Crippen LogP contribution in [0.5, 0.6) is 0 Å². The highest BCUT2D eigenvalue weighted by molar-refractivity contribution is 7.98. The molecular formula is C23H22Cl2N4OS. The molecule has 0 aliphatic rings. The number of ether oxygens (including phenoxy) is 1. The summed E-state index contributed by atoms with van der Waals surface area (Å²) in [4.78, 5) is 4.78. The Kier molecular flexibility index (Phi) is 7.13. The van der Waals surface area contributed by atoms with Gasteiger partial charge in [-0.05, 0) is 37.1 Å². The Bertz CT molecular complexity index is 1210.